The van der Waals surface area contributed by atoms with E-state index in [1.54, 1.807) is 45.2 Å². The maximum Gasteiger partial charge on any atom is 0.517 e. The highest BCUT2D eigenvalue weighted by Crippen LogP contribution is 2.27. The summed E-state index contributed by atoms with van der Waals surface area (Å²) in [5, 5.41) is 9.62. The summed E-state index contributed by atoms with van der Waals surface area (Å²) in [5.41, 5.74) is 6.45. The van der Waals surface area contributed by atoms with Gasteiger partial charge in [0.25, 0.3) is 0 Å². The van der Waals surface area contributed by atoms with Crippen molar-refractivity contribution >= 4 is 18.1 Å². The maximum atomic E-state index is 12.3. The van der Waals surface area contributed by atoms with E-state index in [2.05, 4.69) is 29.9 Å². The number of nitriles is 1. The molecular formula is C25H33N5O5. The standard InChI is InChI=1S/C25H33N5O5/c1-16(2)12-25(6,27)15-33-21-18(13-26)10-19(14-29-21)17-8-9-28-20(11-17)30(7)22(31)34-23(32)35-24(3,4)5/h8-11,14,16H,12,15,27H2,1-7H3/t25-/m0/s1. The number of carbonyl (C=O) groups is 2. The summed E-state index contributed by atoms with van der Waals surface area (Å²) >= 11 is 0. The molecule has 0 spiro atoms. The van der Waals surface area contributed by atoms with Crippen LogP contribution in [0.5, 0.6) is 5.88 Å². The molecule has 0 saturated carbocycles. The van der Waals surface area contributed by atoms with E-state index in [4.69, 9.17) is 19.9 Å². The van der Waals surface area contributed by atoms with Gasteiger partial charge in [0.15, 0.2) is 0 Å². The molecule has 2 N–H and O–H groups in total. The Balaban J connectivity index is 2.18. The lowest BCUT2D eigenvalue weighted by Gasteiger charge is -2.26. The number of pyridine rings is 2. The fourth-order valence-electron chi connectivity index (χ4n) is 3.32. The third-order valence-electron chi connectivity index (χ3n) is 4.64. The molecular weight excluding hydrogens is 450 g/mol. The minimum atomic E-state index is -1.11. The van der Waals surface area contributed by atoms with Crippen molar-refractivity contribution in [3.63, 3.8) is 0 Å². The molecule has 2 aromatic rings. The average molecular weight is 484 g/mol. The van der Waals surface area contributed by atoms with Gasteiger partial charge in [-0.3, -0.25) is 4.90 Å². The van der Waals surface area contributed by atoms with E-state index in [0.29, 0.717) is 17.0 Å². The Morgan fingerprint density at radius 1 is 1.17 bits per heavy atom. The SMILES string of the molecule is CC(C)C[C@](C)(N)COc1ncc(-c2ccnc(N(C)C(=O)OC(=O)OC(C)(C)C)c2)cc1C#N. The molecule has 0 bridgehead atoms. The average Bonchev–Trinajstić information content (AvgIpc) is 2.74. The van der Waals surface area contributed by atoms with Gasteiger partial charge < -0.3 is 19.9 Å². The Bertz CT molecular complexity index is 1100. The lowest BCUT2D eigenvalue weighted by Crippen LogP contribution is -2.43. The van der Waals surface area contributed by atoms with Crippen LogP contribution in [0.2, 0.25) is 0 Å². The molecule has 10 nitrogen and oxygen atoms in total. The molecule has 1 atom stereocenters. The molecule has 0 saturated heterocycles. The minimum Gasteiger partial charge on any atom is -0.475 e. The first-order valence-corrected chi connectivity index (χ1v) is 11.2. The van der Waals surface area contributed by atoms with E-state index in [1.807, 2.05) is 6.92 Å². The smallest absolute Gasteiger partial charge is 0.475 e. The van der Waals surface area contributed by atoms with Crippen molar-refractivity contribution in [2.24, 2.45) is 11.7 Å². The third kappa shape index (κ3) is 8.54. The Morgan fingerprint density at radius 3 is 2.46 bits per heavy atom. The Kier molecular flexibility index (Phi) is 8.77. The van der Waals surface area contributed by atoms with Crippen molar-refractivity contribution in [2.75, 3.05) is 18.6 Å². The highest BCUT2D eigenvalue weighted by molar-refractivity contribution is 5.92. The molecule has 0 radical (unpaired) electrons. The normalized spacial score (nSPS) is 12.9. The molecule has 1 amide bonds. The van der Waals surface area contributed by atoms with Crippen LogP contribution in [-0.2, 0) is 9.47 Å². The third-order valence-corrected chi connectivity index (χ3v) is 4.64. The van der Waals surface area contributed by atoms with E-state index < -0.39 is 23.4 Å². The number of carbonyl (C=O) groups excluding carboxylic acids is 2. The van der Waals surface area contributed by atoms with E-state index >= 15 is 0 Å². The molecule has 2 heterocycles. The largest absolute Gasteiger partial charge is 0.517 e. The Labute approximate surface area is 206 Å². The zero-order chi connectivity index (χ0) is 26.4. The maximum absolute atomic E-state index is 12.3. The van der Waals surface area contributed by atoms with Crippen LogP contribution in [0.3, 0.4) is 0 Å². The molecule has 0 unspecified atom stereocenters. The topological polar surface area (TPSA) is 141 Å². The summed E-state index contributed by atoms with van der Waals surface area (Å²) in [7, 11) is 1.41. The van der Waals surface area contributed by atoms with E-state index in [0.717, 1.165) is 11.3 Å². The lowest BCUT2D eigenvalue weighted by atomic mass is 9.93. The van der Waals surface area contributed by atoms with E-state index in [9.17, 15) is 14.9 Å². The second-order valence-electron chi connectivity index (χ2n) is 10.0. The summed E-state index contributed by atoms with van der Waals surface area (Å²) in [4.78, 5) is 33.7. The van der Waals surface area contributed by atoms with Crippen LogP contribution in [0.25, 0.3) is 11.1 Å². The highest BCUT2D eigenvalue weighted by atomic mass is 16.8. The molecule has 0 aliphatic heterocycles. The van der Waals surface area contributed by atoms with Crippen LogP contribution < -0.4 is 15.4 Å². The van der Waals surface area contributed by atoms with Crippen LogP contribution in [0.15, 0.2) is 30.6 Å². The number of anilines is 1. The molecule has 2 rings (SSSR count). The van der Waals surface area contributed by atoms with E-state index in [1.165, 1.54) is 13.2 Å². The number of nitrogens with zero attached hydrogens (tertiary/aromatic N) is 4. The van der Waals surface area contributed by atoms with Crippen LogP contribution in [0.1, 0.15) is 53.5 Å². The summed E-state index contributed by atoms with van der Waals surface area (Å²) in [6, 6.07) is 7.04. The van der Waals surface area contributed by atoms with Crippen molar-refractivity contribution in [3.8, 4) is 23.1 Å². The first kappa shape index (κ1) is 27.5. The summed E-state index contributed by atoms with van der Waals surface area (Å²) in [6.45, 7) is 11.3. The molecule has 2 aromatic heterocycles. The first-order valence-electron chi connectivity index (χ1n) is 11.2. The van der Waals surface area contributed by atoms with E-state index in [-0.39, 0.29) is 23.9 Å². The monoisotopic (exact) mass is 483 g/mol. The van der Waals surface area contributed by atoms with Gasteiger partial charge in [-0.15, -0.1) is 0 Å². The van der Waals surface area contributed by atoms with Gasteiger partial charge in [-0.1, -0.05) is 13.8 Å². The van der Waals surface area contributed by atoms with Crippen molar-refractivity contribution in [1.29, 1.82) is 5.26 Å². The number of nitrogens with two attached hydrogens (primary N) is 1. The molecule has 0 fully saturated rings. The van der Waals surface area contributed by atoms with Crippen molar-refractivity contribution in [1.82, 2.24) is 9.97 Å². The summed E-state index contributed by atoms with van der Waals surface area (Å²) in [6.07, 6.45) is 1.76. The van der Waals surface area contributed by atoms with Crippen molar-refractivity contribution in [3.05, 3.63) is 36.2 Å². The Morgan fingerprint density at radius 2 is 1.86 bits per heavy atom. The van der Waals surface area contributed by atoms with Gasteiger partial charge in [0, 0.05) is 30.5 Å². The van der Waals surface area contributed by atoms with Gasteiger partial charge in [-0.2, -0.15) is 5.26 Å². The number of aromatic nitrogens is 2. The van der Waals surface area contributed by atoms with Crippen LogP contribution in [0.4, 0.5) is 15.4 Å². The van der Waals surface area contributed by atoms with Gasteiger partial charge in [-0.25, -0.2) is 19.6 Å². The molecule has 0 aliphatic carbocycles. The molecule has 0 aliphatic rings. The van der Waals surface area contributed by atoms with Crippen LogP contribution in [-0.4, -0.2) is 47.0 Å². The zero-order valence-electron chi connectivity index (χ0n) is 21.3. The first-order chi connectivity index (χ1) is 16.2. The van der Waals surface area contributed by atoms with Crippen LogP contribution in [0, 0.1) is 17.2 Å². The van der Waals surface area contributed by atoms with Gasteiger partial charge in [0.2, 0.25) is 5.88 Å². The van der Waals surface area contributed by atoms with Crippen molar-refractivity contribution in [2.45, 2.75) is 59.1 Å². The number of amides is 1. The predicted octanol–water partition coefficient (Wildman–Crippen LogP) is 4.67. The lowest BCUT2D eigenvalue weighted by molar-refractivity contribution is 0.0102. The number of hydrogen-bond donors (Lipinski definition) is 1. The molecule has 0 aromatic carbocycles. The number of rotatable bonds is 7. The summed E-state index contributed by atoms with van der Waals surface area (Å²) in [5.74, 6) is 0.825. The quantitative estimate of drug-likeness (QED) is 0.439. The zero-order valence-corrected chi connectivity index (χ0v) is 21.3. The van der Waals surface area contributed by atoms with Gasteiger partial charge in [0.1, 0.15) is 29.7 Å². The van der Waals surface area contributed by atoms with Crippen LogP contribution >= 0.6 is 0 Å². The van der Waals surface area contributed by atoms with Gasteiger partial charge in [0.05, 0.1) is 0 Å². The molecule has 10 heteroatoms. The van der Waals surface area contributed by atoms with Gasteiger partial charge >= 0.3 is 12.2 Å². The second kappa shape index (κ2) is 11.1. The number of ether oxygens (including phenoxy) is 3. The molecule has 35 heavy (non-hydrogen) atoms. The fraction of sp³-hybridized carbons (Fsp3) is 0.480. The summed E-state index contributed by atoms with van der Waals surface area (Å²) < 4.78 is 15.5. The van der Waals surface area contributed by atoms with Gasteiger partial charge in [-0.05, 0) is 63.8 Å². The minimum absolute atomic E-state index is 0.198. The van der Waals surface area contributed by atoms with Crippen molar-refractivity contribution < 1.29 is 23.8 Å². The Hall–Kier alpha value is -3.71. The second-order valence-corrected chi connectivity index (χ2v) is 10.0. The molecule has 188 valence electrons. The fourth-order valence-corrected chi connectivity index (χ4v) is 3.32. The number of hydrogen-bond acceptors (Lipinski definition) is 9. The predicted molar refractivity (Wildman–Crippen MR) is 131 cm³/mol. The highest BCUT2D eigenvalue weighted by Gasteiger charge is 2.24.